The molecule has 3 aromatic carbocycles. The van der Waals surface area contributed by atoms with E-state index in [0.717, 1.165) is 17.7 Å². The number of nitrogens with zero attached hydrogens (tertiary/aromatic N) is 1. The van der Waals surface area contributed by atoms with E-state index in [-0.39, 0.29) is 10.8 Å². The van der Waals surface area contributed by atoms with Gasteiger partial charge in [0.1, 0.15) is 0 Å². The molecule has 156 valence electrons. The number of nitrogens with one attached hydrogen (secondary N) is 3. The fraction of sp³-hybridized carbons (Fsp3) is 0.0909. The second kappa shape index (κ2) is 7.13. The Morgan fingerprint density at radius 1 is 0.935 bits per heavy atom. The van der Waals surface area contributed by atoms with Crippen LogP contribution in [-0.2, 0) is 16.4 Å². The van der Waals surface area contributed by atoms with Crippen LogP contribution in [0.5, 0.6) is 0 Å². The van der Waals surface area contributed by atoms with Crippen LogP contribution < -0.4 is 15.3 Å². The van der Waals surface area contributed by atoms with Crippen LogP contribution in [0.15, 0.2) is 76.4 Å². The Balaban J connectivity index is 1.36. The van der Waals surface area contributed by atoms with E-state index in [1.807, 2.05) is 24.3 Å². The number of carbonyl (C=O) groups excluding carboxylic acids is 1. The summed E-state index contributed by atoms with van der Waals surface area (Å²) in [5.74, 6) is -0.124. The number of aromatic amines is 2. The topological polar surface area (TPSA) is 115 Å². The highest BCUT2D eigenvalue weighted by atomic mass is 32.2. The Hall–Kier alpha value is -3.85. The molecule has 0 aliphatic carbocycles. The Bertz CT molecular complexity index is 1470. The predicted octanol–water partition coefficient (Wildman–Crippen LogP) is 2.86. The molecule has 0 atom stereocenters. The highest BCUT2D eigenvalue weighted by Gasteiger charge is 2.25. The second-order valence-corrected chi connectivity index (χ2v) is 8.99. The third kappa shape index (κ3) is 3.49. The molecule has 0 radical (unpaired) electrons. The number of para-hydroxylation sites is 1. The van der Waals surface area contributed by atoms with E-state index in [4.69, 9.17) is 0 Å². The molecule has 4 aromatic rings. The first-order valence-electron chi connectivity index (χ1n) is 9.65. The molecule has 5 rings (SSSR count). The van der Waals surface area contributed by atoms with Crippen molar-refractivity contribution in [1.82, 2.24) is 9.97 Å². The van der Waals surface area contributed by atoms with E-state index in [2.05, 4.69) is 14.7 Å². The van der Waals surface area contributed by atoms with Crippen LogP contribution in [0.2, 0.25) is 0 Å². The van der Waals surface area contributed by atoms with E-state index in [1.165, 1.54) is 18.2 Å². The number of anilines is 2. The molecule has 0 unspecified atom stereocenters. The van der Waals surface area contributed by atoms with Crippen LogP contribution in [0.3, 0.4) is 0 Å². The Morgan fingerprint density at radius 2 is 1.68 bits per heavy atom. The number of imidazole rings is 1. The SMILES string of the molecule is O=C(c1ccc(NS(=O)(=O)c2ccc3[nH]c(=O)[nH]c3c2)cc1)N1CCc2ccccc21. The summed E-state index contributed by atoms with van der Waals surface area (Å²) in [6, 6.07) is 18.5. The van der Waals surface area contributed by atoms with Crippen molar-refractivity contribution in [2.45, 2.75) is 11.3 Å². The van der Waals surface area contributed by atoms with E-state index in [9.17, 15) is 18.0 Å². The summed E-state index contributed by atoms with van der Waals surface area (Å²) in [5, 5.41) is 0. The zero-order valence-electron chi connectivity index (χ0n) is 16.3. The molecule has 0 bridgehead atoms. The zero-order chi connectivity index (χ0) is 21.6. The smallest absolute Gasteiger partial charge is 0.308 e. The number of H-pyrrole nitrogens is 2. The third-order valence-corrected chi connectivity index (χ3v) is 6.69. The number of hydrogen-bond donors (Lipinski definition) is 3. The fourth-order valence-electron chi connectivity index (χ4n) is 3.78. The second-order valence-electron chi connectivity index (χ2n) is 7.30. The number of rotatable bonds is 4. The van der Waals surface area contributed by atoms with Gasteiger partial charge < -0.3 is 14.9 Å². The van der Waals surface area contributed by atoms with Gasteiger partial charge in [-0.1, -0.05) is 18.2 Å². The Morgan fingerprint density at radius 3 is 2.48 bits per heavy atom. The minimum atomic E-state index is -3.87. The lowest BCUT2D eigenvalue weighted by molar-refractivity contribution is 0.0989. The van der Waals surface area contributed by atoms with Crippen LogP contribution in [0.25, 0.3) is 11.0 Å². The Kier molecular flexibility index (Phi) is 4.40. The van der Waals surface area contributed by atoms with Crippen molar-refractivity contribution in [1.29, 1.82) is 0 Å². The van der Waals surface area contributed by atoms with Gasteiger partial charge in [-0.15, -0.1) is 0 Å². The van der Waals surface area contributed by atoms with Crippen molar-refractivity contribution in [3.63, 3.8) is 0 Å². The Labute approximate surface area is 177 Å². The molecule has 2 heterocycles. The standard InChI is InChI=1S/C22H18N4O4S/c27-21(26-12-11-14-3-1-2-4-20(14)26)15-5-7-16(8-6-15)25-31(29,30)17-9-10-18-19(13-17)24-22(28)23-18/h1-10,13,25H,11-12H2,(H2,23,24,28). The zero-order valence-corrected chi connectivity index (χ0v) is 17.1. The van der Waals surface area contributed by atoms with Gasteiger partial charge in [-0.25, -0.2) is 13.2 Å². The predicted molar refractivity (Wildman–Crippen MR) is 118 cm³/mol. The summed E-state index contributed by atoms with van der Waals surface area (Å²) in [4.78, 5) is 31.2. The molecule has 31 heavy (non-hydrogen) atoms. The van der Waals surface area contributed by atoms with Crippen molar-refractivity contribution in [2.24, 2.45) is 0 Å². The van der Waals surface area contributed by atoms with Gasteiger partial charge in [0, 0.05) is 23.5 Å². The molecule has 1 aliphatic heterocycles. The minimum Gasteiger partial charge on any atom is -0.308 e. The third-order valence-electron chi connectivity index (χ3n) is 5.31. The number of amides is 1. The van der Waals surface area contributed by atoms with Crippen LogP contribution in [-0.4, -0.2) is 30.8 Å². The number of sulfonamides is 1. The number of benzene rings is 3. The van der Waals surface area contributed by atoms with E-state index in [1.54, 1.807) is 29.2 Å². The molecule has 8 nitrogen and oxygen atoms in total. The lowest BCUT2D eigenvalue weighted by Gasteiger charge is -2.17. The number of fused-ring (bicyclic) bond motifs is 2. The first-order chi connectivity index (χ1) is 14.9. The van der Waals surface area contributed by atoms with Crippen molar-refractivity contribution >= 4 is 38.3 Å². The van der Waals surface area contributed by atoms with Gasteiger partial charge in [-0.05, 0) is 60.5 Å². The van der Waals surface area contributed by atoms with Gasteiger partial charge in [0.05, 0.1) is 15.9 Å². The van der Waals surface area contributed by atoms with Crippen molar-refractivity contribution in [3.05, 3.63) is 88.3 Å². The summed E-state index contributed by atoms with van der Waals surface area (Å²) in [6.07, 6.45) is 0.816. The summed E-state index contributed by atoms with van der Waals surface area (Å²) in [5.41, 5.74) is 3.39. The molecular weight excluding hydrogens is 416 g/mol. The lowest BCUT2D eigenvalue weighted by Crippen LogP contribution is -2.28. The lowest BCUT2D eigenvalue weighted by atomic mass is 10.1. The molecule has 0 spiro atoms. The fourth-order valence-corrected chi connectivity index (χ4v) is 4.86. The molecule has 0 saturated carbocycles. The van der Waals surface area contributed by atoms with Crippen molar-refractivity contribution in [3.8, 4) is 0 Å². The van der Waals surface area contributed by atoms with Crippen LogP contribution >= 0.6 is 0 Å². The number of aromatic nitrogens is 2. The number of carbonyl (C=O) groups is 1. The minimum absolute atomic E-state index is 0.0177. The first-order valence-corrected chi connectivity index (χ1v) is 11.1. The number of hydrogen-bond acceptors (Lipinski definition) is 4. The first kappa shape index (κ1) is 19.1. The van der Waals surface area contributed by atoms with Gasteiger partial charge >= 0.3 is 5.69 Å². The van der Waals surface area contributed by atoms with Gasteiger partial charge in [0.15, 0.2) is 0 Å². The van der Waals surface area contributed by atoms with Crippen LogP contribution in [0.4, 0.5) is 11.4 Å². The molecular formula is C22H18N4O4S. The van der Waals surface area contributed by atoms with Gasteiger partial charge in [-0.2, -0.15) is 0 Å². The molecule has 9 heteroatoms. The summed E-state index contributed by atoms with van der Waals surface area (Å²) in [7, 11) is -3.87. The molecule has 0 saturated heterocycles. The molecule has 3 N–H and O–H groups in total. The quantitative estimate of drug-likeness (QED) is 0.458. The molecule has 0 fully saturated rings. The van der Waals surface area contributed by atoms with E-state index >= 15 is 0 Å². The average Bonchev–Trinajstić information content (AvgIpc) is 3.35. The summed E-state index contributed by atoms with van der Waals surface area (Å²) < 4.78 is 28.0. The van der Waals surface area contributed by atoms with E-state index < -0.39 is 15.7 Å². The largest absolute Gasteiger partial charge is 0.323 e. The summed E-state index contributed by atoms with van der Waals surface area (Å²) >= 11 is 0. The highest BCUT2D eigenvalue weighted by molar-refractivity contribution is 7.92. The van der Waals surface area contributed by atoms with Gasteiger partial charge in [0.25, 0.3) is 15.9 Å². The summed E-state index contributed by atoms with van der Waals surface area (Å²) in [6.45, 7) is 0.621. The molecule has 1 amide bonds. The van der Waals surface area contributed by atoms with Gasteiger partial charge in [-0.3, -0.25) is 9.52 Å². The maximum atomic E-state index is 12.9. The van der Waals surface area contributed by atoms with Gasteiger partial charge in [0.2, 0.25) is 0 Å². The van der Waals surface area contributed by atoms with Crippen LogP contribution in [0, 0.1) is 0 Å². The normalized spacial score (nSPS) is 13.4. The average molecular weight is 434 g/mol. The van der Waals surface area contributed by atoms with Crippen molar-refractivity contribution in [2.75, 3.05) is 16.2 Å². The molecule has 1 aromatic heterocycles. The monoisotopic (exact) mass is 434 g/mol. The molecule has 1 aliphatic rings. The maximum absolute atomic E-state index is 12.9. The maximum Gasteiger partial charge on any atom is 0.323 e. The van der Waals surface area contributed by atoms with Crippen LogP contribution in [0.1, 0.15) is 15.9 Å². The highest BCUT2D eigenvalue weighted by Crippen LogP contribution is 2.29. The van der Waals surface area contributed by atoms with Crippen molar-refractivity contribution < 1.29 is 13.2 Å². The van der Waals surface area contributed by atoms with E-state index in [0.29, 0.717) is 28.8 Å².